The van der Waals surface area contributed by atoms with Crippen molar-refractivity contribution in [3.05, 3.63) is 45.6 Å². The third-order valence-electron chi connectivity index (χ3n) is 2.30. The minimum atomic E-state index is -1.08. The van der Waals surface area contributed by atoms with Gasteiger partial charge in [0.1, 0.15) is 10.6 Å². The first-order chi connectivity index (χ1) is 9.56. The number of ether oxygens (including phenoxy) is 1. The molecule has 1 heterocycles. The molecule has 2 aromatic rings. The fourth-order valence-corrected chi connectivity index (χ4v) is 2.33. The molecule has 1 amide bonds. The minimum Gasteiger partial charge on any atom is -0.484 e. The highest BCUT2D eigenvalue weighted by molar-refractivity contribution is 7.12. The molecule has 0 spiro atoms. The lowest BCUT2D eigenvalue weighted by Gasteiger charge is -2.07. The standard InChI is InChI=1S/C13H10ClNO4S/c14-8-2-1-3-9(6-8)19-7-11(16)15-10-4-5-20-12(10)13(17)18/h1-6H,7H2,(H,15,16)(H,17,18). The highest BCUT2D eigenvalue weighted by Gasteiger charge is 2.14. The Hall–Kier alpha value is -2.05. The van der Waals surface area contributed by atoms with Crippen LogP contribution < -0.4 is 10.1 Å². The molecule has 20 heavy (non-hydrogen) atoms. The van der Waals surface area contributed by atoms with E-state index in [1.165, 1.54) is 6.07 Å². The molecule has 0 radical (unpaired) electrons. The molecule has 0 aliphatic rings. The Labute approximate surface area is 123 Å². The third-order valence-corrected chi connectivity index (χ3v) is 3.44. The number of rotatable bonds is 5. The van der Waals surface area contributed by atoms with E-state index in [1.54, 1.807) is 29.6 Å². The van der Waals surface area contributed by atoms with Crippen molar-refractivity contribution in [1.29, 1.82) is 0 Å². The Bertz CT molecular complexity index is 641. The van der Waals surface area contributed by atoms with Crippen LogP contribution >= 0.6 is 22.9 Å². The van der Waals surface area contributed by atoms with Gasteiger partial charge in [-0.05, 0) is 29.6 Å². The van der Waals surface area contributed by atoms with E-state index in [-0.39, 0.29) is 17.2 Å². The number of carboxylic acids is 1. The van der Waals surface area contributed by atoms with Crippen LogP contribution in [-0.2, 0) is 4.79 Å². The van der Waals surface area contributed by atoms with Crippen molar-refractivity contribution in [3.8, 4) is 5.75 Å². The number of hydrogen-bond acceptors (Lipinski definition) is 4. The summed E-state index contributed by atoms with van der Waals surface area (Å²) in [7, 11) is 0. The maximum Gasteiger partial charge on any atom is 0.348 e. The Balaban J connectivity index is 1.93. The maximum atomic E-state index is 11.7. The van der Waals surface area contributed by atoms with Crippen LogP contribution in [0.3, 0.4) is 0 Å². The largest absolute Gasteiger partial charge is 0.484 e. The van der Waals surface area contributed by atoms with Crippen LogP contribution in [0, 0.1) is 0 Å². The summed E-state index contributed by atoms with van der Waals surface area (Å²) < 4.78 is 5.26. The first-order valence-electron chi connectivity index (χ1n) is 5.55. The lowest BCUT2D eigenvalue weighted by molar-refractivity contribution is -0.118. The summed E-state index contributed by atoms with van der Waals surface area (Å²) in [5.74, 6) is -1.05. The van der Waals surface area contributed by atoms with Gasteiger partial charge in [-0.2, -0.15) is 0 Å². The van der Waals surface area contributed by atoms with E-state index in [0.29, 0.717) is 10.8 Å². The van der Waals surface area contributed by atoms with Crippen LogP contribution in [0.1, 0.15) is 9.67 Å². The molecule has 0 aliphatic carbocycles. The zero-order chi connectivity index (χ0) is 14.5. The van der Waals surface area contributed by atoms with Crippen molar-refractivity contribution >= 4 is 40.5 Å². The van der Waals surface area contributed by atoms with Gasteiger partial charge in [0.05, 0.1) is 5.69 Å². The van der Waals surface area contributed by atoms with Gasteiger partial charge in [0.15, 0.2) is 6.61 Å². The van der Waals surface area contributed by atoms with Crippen molar-refractivity contribution in [2.45, 2.75) is 0 Å². The number of amides is 1. The normalized spacial score (nSPS) is 10.1. The number of anilines is 1. The molecule has 0 aliphatic heterocycles. The number of carboxylic acid groups (broad SMARTS) is 1. The van der Waals surface area contributed by atoms with Gasteiger partial charge in [0.25, 0.3) is 5.91 Å². The van der Waals surface area contributed by atoms with Gasteiger partial charge < -0.3 is 15.2 Å². The summed E-state index contributed by atoms with van der Waals surface area (Å²) >= 11 is 6.83. The first-order valence-corrected chi connectivity index (χ1v) is 6.81. The highest BCUT2D eigenvalue weighted by atomic mass is 35.5. The number of benzene rings is 1. The second-order valence-electron chi connectivity index (χ2n) is 3.76. The maximum absolute atomic E-state index is 11.7. The molecule has 0 unspecified atom stereocenters. The fourth-order valence-electron chi connectivity index (χ4n) is 1.47. The second-order valence-corrected chi connectivity index (χ2v) is 5.12. The number of carbonyl (C=O) groups is 2. The number of halogens is 1. The number of carbonyl (C=O) groups excluding carboxylic acids is 1. The van der Waals surface area contributed by atoms with E-state index < -0.39 is 11.9 Å². The number of thiophene rings is 1. The number of aromatic carboxylic acids is 1. The van der Waals surface area contributed by atoms with Crippen molar-refractivity contribution in [2.75, 3.05) is 11.9 Å². The van der Waals surface area contributed by atoms with Gasteiger partial charge in [-0.25, -0.2) is 4.79 Å². The lowest BCUT2D eigenvalue weighted by atomic mass is 10.3. The molecule has 1 aromatic heterocycles. The van der Waals surface area contributed by atoms with Crippen molar-refractivity contribution in [1.82, 2.24) is 0 Å². The first kappa shape index (κ1) is 14.4. The molecule has 2 N–H and O–H groups in total. The van der Waals surface area contributed by atoms with Crippen molar-refractivity contribution < 1.29 is 19.4 Å². The van der Waals surface area contributed by atoms with E-state index in [0.717, 1.165) is 11.3 Å². The summed E-state index contributed by atoms with van der Waals surface area (Å²) in [6.07, 6.45) is 0. The van der Waals surface area contributed by atoms with Gasteiger partial charge in [0.2, 0.25) is 0 Å². The van der Waals surface area contributed by atoms with Crippen LogP contribution in [0.25, 0.3) is 0 Å². The molecule has 0 saturated heterocycles. The van der Waals surface area contributed by atoms with Gasteiger partial charge in [-0.1, -0.05) is 17.7 Å². The quantitative estimate of drug-likeness (QED) is 0.889. The monoisotopic (exact) mass is 311 g/mol. The van der Waals surface area contributed by atoms with Crippen LogP contribution in [-0.4, -0.2) is 23.6 Å². The molecule has 7 heteroatoms. The van der Waals surface area contributed by atoms with Gasteiger partial charge in [0, 0.05) is 5.02 Å². The smallest absolute Gasteiger partial charge is 0.348 e. The van der Waals surface area contributed by atoms with Crippen molar-refractivity contribution in [2.24, 2.45) is 0 Å². The fraction of sp³-hybridized carbons (Fsp3) is 0.0769. The van der Waals surface area contributed by atoms with Gasteiger partial charge in [-0.15, -0.1) is 11.3 Å². The molecule has 1 aromatic carbocycles. The van der Waals surface area contributed by atoms with Crippen LogP contribution in [0.4, 0.5) is 5.69 Å². The molecule has 2 rings (SSSR count). The average Bonchev–Trinajstić information content (AvgIpc) is 2.85. The van der Waals surface area contributed by atoms with E-state index in [2.05, 4.69) is 5.32 Å². The Kier molecular flexibility index (Phi) is 4.60. The third kappa shape index (κ3) is 3.72. The SMILES string of the molecule is O=C(COc1cccc(Cl)c1)Nc1ccsc1C(=O)O. The Morgan fingerprint density at radius 1 is 1.35 bits per heavy atom. The number of nitrogens with one attached hydrogen (secondary N) is 1. The van der Waals surface area contributed by atoms with Gasteiger partial charge >= 0.3 is 5.97 Å². The van der Waals surface area contributed by atoms with Crippen LogP contribution in [0.2, 0.25) is 5.02 Å². The zero-order valence-electron chi connectivity index (χ0n) is 10.1. The van der Waals surface area contributed by atoms with E-state index in [1.807, 2.05) is 0 Å². The molecule has 0 saturated carbocycles. The summed E-state index contributed by atoms with van der Waals surface area (Å²) in [4.78, 5) is 22.7. The summed E-state index contributed by atoms with van der Waals surface area (Å²) in [5, 5.41) is 13.5. The summed E-state index contributed by atoms with van der Waals surface area (Å²) in [5.41, 5.74) is 0.266. The Morgan fingerprint density at radius 2 is 2.15 bits per heavy atom. The van der Waals surface area contributed by atoms with Crippen molar-refractivity contribution in [3.63, 3.8) is 0 Å². The second kappa shape index (κ2) is 6.40. The minimum absolute atomic E-state index is 0.0844. The topological polar surface area (TPSA) is 75.6 Å². The molecular weight excluding hydrogens is 302 g/mol. The summed E-state index contributed by atoms with van der Waals surface area (Å²) in [6, 6.07) is 8.19. The number of hydrogen-bond donors (Lipinski definition) is 2. The van der Waals surface area contributed by atoms with E-state index >= 15 is 0 Å². The Morgan fingerprint density at radius 3 is 2.85 bits per heavy atom. The predicted octanol–water partition coefficient (Wildman–Crippen LogP) is 3.12. The molecular formula is C13H10ClNO4S. The summed E-state index contributed by atoms with van der Waals surface area (Å²) in [6.45, 7) is -0.227. The molecule has 5 nitrogen and oxygen atoms in total. The lowest BCUT2D eigenvalue weighted by Crippen LogP contribution is -2.20. The van der Waals surface area contributed by atoms with Gasteiger partial charge in [-0.3, -0.25) is 4.79 Å². The van der Waals surface area contributed by atoms with E-state index in [9.17, 15) is 9.59 Å². The molecule has 0 atom stereocenters. The van der Waals surface area contributed by atoms with Crippen LogP contribution in [0.15, 0.2) is 35.7 Å². The molecule has 0 fully saturated rings. The van der Waals surface area contributed by atoms with Crippen LogP contribution in [0.5, 0.6) is 5.75 Å². The van der Waals surface area contributed by atoms with E-state index in [4.69, 9.17) is 21.4 Å². The molecule has 0 bridgehead atoms. The zero-order valence-corrected chi connectivity index (χ0v) is 11.7. The highest BCUT2D eigenvalue weighted by Crippen LogP contribution is 2.22. The average molecular weight is 312 g/mol. The predicted molar refractivity (Wildman–Crippen MR) is 76.9 cm³/mol. The molecule has 104 valence electrons.